The van der Waals surface area contributed by atoms with E-state index in [9.17, 15) is 0 Å². The largest absolute Gasteiger partial charge is 0.493 e. The van der Waals surface area contributed by atoms with Crippen LogP contribution in [0, 0.1) is 0 Å². The first-order valence-electron chi connectivity index (χ1n) is 9.95. The van der Waals surface area contributed by atoms with Crippen molar-refractivity contribution in [3.63, 3.8) is 0 Å². The van der Waals surface area contributed by atoms with E-state index in [4.69, 9.17) is 28.4 Å². The topological polar surface area (TPSA) is 58.6 Å². The number of likely N-dealkylation sites (N-methyl/N-ethyl adjacent to an activating group) is 1. The van der Waals surface area contributed by atoms with E-state index in [2.05, 4.69) is 24.1 Å². The van der Waals surface area contributed by atoms with Crippen LogP contribution in [0.5, 0.6) is 23.0 Å². The molecule has 30 heavy (non-hydrogen) atoms. The monoisotopic (exact) mass is 415 g/mol. The molecular weight excluding hydrogens is 386 g/mol. The Hall–Kier alpha value is -2.48. The molecular formula is C23H29NO6. The van der Waals surface area contributed by atoms with E-state index >= 15 is 0 Å². The van der Waals surface area contributed by atoms with Gasteiger partial charge in [0.25, 0.3) is 0 Å². The fraction of sp³-hybridized carbons (Fsp3) is 0.478. The van der Waals surface area contributed by atoms with Gasteiger partial charge < -0.3 is 28.4 Å². The van der Waals surface area contributed by atoms with E-state index < -0.39 is 6.29 Å². The zero-order valence-corrected chi connectivity index (χ0v) is 18.4. The van der Waals surface area contributed by atoms with Crippen LogP contribution in [0.4, 0.5) is 0 Å². The molecule has 2 aliphatic rings. The Labute approximate surface area is 177 Å². The van der Waals surface area contributed by atoms with Crippen LogP contribution in [-0.4, -0.2) is 54.0 Å². The van der Waals surface area contributed by atoms with Crippen molar-refractivity contribution in [1.29, 1.82) is 0 Å². The molecule has 0 N–H and O–H groups in total. The van der Waals surface area contributed by atoms with Gasteiger partial charge in [-0.2, -0.15) is 0 Å². The number of ether oxygens (including phenoxy) is 6. The molecule has 3 atom stereocenters. The van der Waals surface area contributed by atoms with Gasteiger partial charge in [0.2, 0.25) is 0 Å². The molecule has 0 aromatic heterocycles. The summed E-state index contributed by atoms with van der Waals surface area (Å²) >= 11 is 0. The molecule has 2 aromatic carbocycles. The molecule has 2 heterocycles. The van der Waals surface area contributed by atoms with E-state index in [1.54, 1.807) is 35.5 Å². The van der Waals surface area contributed by atoms with Gasteiger partial charge in [-0.1, -0.05) is 6.07 Å². The predicted octanol–water partition coefficient (Wildman–Crippen LogP) is 3.67. The lowest BCUT2D eigenvalue weighted by Crippen LogP contribution is -2.35. The highest BCUT2D eigenvalue weighted by molar-refractivity contribution is 5.55. The fourth-order valence-corrected chi connectivity index (χ4v) is 4.65. The van der Waals surface area contributed by atoms with Crippen molar-refractivity contribution in [1.82, 2.24) is 4.90 Å². The molecule has 0 saturated carbocycles. The van der Waals surface area contributed by atoms with Crippen LogP contribution >= 0.6 is 0 Å². The highest BCUT2D eigenvalue weighted by atomic mass is 16.7. The van der Waals surface area contributed by atoms with Crippen molar-refractivity contribution in [2.75, 3.05) is 49.1 Å². The standard InChI is InChI=1S/C23H29NO6/c1-24-10-9-13-11-17(26-3)18(27-4)12-15(13)21-20(24)14-7-8-16(25-2)22(28-5)19(14)23(29-6)30-21/h7-8,11-12,20-21,23H,9-10H2,1-6H3/t20-,21+,23-/m0/s1. The van der Waals surface area contributed by atoms with Crippen molar-refractivity contribution >= 4 is 0 Å². The van der Waals surface area contributed by atoms with Crippen LogP contribution in [0.1, 0.15) is 40.7 Å². The lowest BCUT2D eigenvalue weighted by molar-refractivity contribution is -0.190. The van der Waals surface area contributed by atoms with Crippen LogP contribution in [0.2, 0.25) is 0 Å². The summed E-state index contributed by atoms with van der Waals surface area (Å²) in [6.45, 7) is 0.873. The number of hydrogen-bond donors (Lipinski definition) is 0. The van der Waals surface area contributed by atoms with Gasteiger partial charge in [-0.05, 0) is 48.4 Å². The van der Waals surface area contributed by atoms with Crippen LogP contribution in [-0.2, 0) is 15.9 Å². The Morgan fingerprint density at radius 1 is 0.867 bits per heavy atom. The third-order valence-electron chi connectivity index (χ3n) is 6.10. The molecule has 7 nitrogen and oxygen atoms in total. The summed E-state index contributed by atoms with van der Waals surface area (Å²) < 4.78 is 34.7. The second-order valence-corrected chi connectivity index (χ2v) is 7.51. The number of rotatable bonds is 5. The summed E-state index contributed by atoms with van der Waals surface area (Å²) in [5, 5.41) is 0. The van der Waals surface area contributed by atoms with Crippen molar-refractivity contribution in [3.05, 3.63) is 46.5 Å². The number of fused-ring (bicyclic) bond motifs is 5. The zero-order valence-electron chi connectivity index (χ0n) is 18.4. The minimum Gasteiger partial charge on any atom is -0.493 e. The summed E-state index contributed by atoms with van der Waals surface area (Å²) in [6, 6.07) is 8.11. The Morgan fingerprint density at radius 2 is 1.57 bits per heavy atom. The molecule has 0 spiro atoms. The zero-order chi connectivity index (χ0) is 21.4. The summed E-state index contributed by atoms with van der Waals surface area (Å²) in [6.07, 6.45) is 0.0598. The van der Waals surface area contributed by atoms with Gasteiger partial charge in [0.05, 0.1) is 40.0 Å². The maximum atomic E-state index is 6.56. The van der Waals surface area contributed by atoms with Crippen molar-refractivity contribution in [3.8, 4) is 23.0 Å². The van der Waals surface area contributed by atoms with Crippen LogP contribution in [0.25, 0.3) is 0 Å². The third-order valence-corrected chi connectivity index (χ3v) is 6.10. The molecule has 2 aromatic rings. The summed E-state index contributed by atoms with van der Waals surface area (Å²) in [5.41, 5.74) is 4.26. The number of hydrogen-bond acceptors (Lipinski definition) is 7. The molecule has 0 bridgehead atoms. The summed E-state index contributed by atoms with van der Waals surface area (Å²) in [4.78, 5) is 2.32. The predicted molar refractivity (Wildman–Crippen MR) is 112 cm³/mol. The van der Waals surface area contributed by atoms with E-state index in [0.29, 0.717) is 17.2 Å². The maximum absolute atomic E-state index is 6.56. The van der Waals surface area contributed by atoms with Crippen LogP contribution < -0.4 is 18.9 Å². The SMILES string of the molecule is COc1cc2c(cc1OC)[C@H]1O[C@H](OC)c3c(ccc(OC)c3OC)[C@@H]1N(C)CC2. The van der Waals surface area contributed by atoms with E-state index in [1.165, 1.54) is 5.56 Å². The molecule has 4 rings (SSSR count). The quantitative estimate of drug-likeness (QED) is 0.739. The first kappa shape index (κ1) is 20.8. The molecule has 0 amide bonds. The van der Waals surface area contributed by atoms with Gasteiger partial charge in [-0.15, -0.1) is 0 Å². The molecule has 0 unspecified atom stereocenters. The van der Waals surface area contributed by atoms with E-state index in [1.807, 2.05) is 12.1 Å². The van der Waals surface area contributed by atoms with Crippen molar-refractivity contribution in [2.24, 2.45) is 0 Å². The average Bonchev–Trinajstić information content (AvgIpc) is 2.92. The molecule has 0 fully saturated rings. The van der Waals surface area contributed by atoms with E-state index in [0.717, 1.165) is 35.4 Å². The maximum Gasteiger partial charge on any atom is 0.188 e. The number of benzene rings is 2. The van der Waals surface area contributed by atoms with Crippen LogP contribution in [0.15, 0.2) is 24.3 Å². The molecule has 2 aliphatic heterocycles. The Morgan fingerprint density at radius 3 is 2.20 bits per heavy atom. The van der Waals surface area contributed by atoms with Gasteiger partial charge in [-0.3, -0.25) is 4.90 Å². The second-order valence-electron chi connectivity index (χ2n) is 7.51. The summed E-state index contributed by atoms with van der Waals surface area (Å²) in [7, 11) is 10.3. The molecule has 162 valence electrons. The number of nitrogens with zero attached hydrogens (tertiary/aromatic N) is 1. The van der Waals surface area contributed by atoms with E-state index in [-0.39, 0.29) is 12.1 Å². The lowest BCUT2D eigenvalue weighted by Gasteiger charge is -2.41. The molecule has 7 heteroatoms. The van der Waals surface area contributed by atoms with Gasteiger partial charge in [-0.25, -0.2) is 0 Å². The Balaban J connectivity index is 1.92. The molecule has 0 saturated heterocycles. The second kappa shape index (κ2) is 8.34. The summed E-state index contributed by atoms with van der Waals surface area (Å²) in [5.74, 6) is 2.72. The normalized spacial score (nSPS) is 22.9. The lowest BCUT2D eigenvalue weighted by atomic mass is 9.87. The third kappa shape index (κ3) is 3.17. The van der Waals surface area contributed by atoms with Gasteiger partial charge in [0, 0.05) is 13.7 Å². The van der Waals surface area contributed by atoms with Gasteiger partial charge in [0.15, 0.2) is 29.3 Å². The van der Waals surface area contributed by atoms with Crippen molar-refractivity contribution in [2.45, 2.75) is 24.9 Å². The fourth-order valence-electron chi connectivity index (χ4n) is 4.65. The Kier molecular flexibility index (Phi) is 5.77. The minimum absolute atomic E-state index is 0.00874. The first-order chi connectivity index (χ1) is 14.6. The molecule has 0 radical (unpaired) electrons. The molecule has 0 aliphatic carbocycles. The average molecular weight is 415 g/mol. The van der Waals surface area contributed by atoms with Crippen LogP contribution in [0.3, 0.4) is 0 Å². The van der Waals surface area contributed by atoms with Gasteiger partial charge in [0.1, 0.15) is 6.10 Å². The Bertz CT molecular complexity index is 930. The smallest absolute Gasteiger partial charge is 0.188 e. The first-order valence-corrected chi connectivity index (χ1v) is 9.95. The van der Waals surface area contributed by atoms with Crippen molar-refractivity contribution < 1.29 is 28.4 Å². The highest BCUT2D eigenvalue weighted by Gasteiger charge is 2.43. The number of methoxy groups -OCH3 is 5. The highest BCUT2D eigenvalue weighted by Crippen LogP contribution is 2.54. The minimum atomic E-state index is -0.584. The van der Waals surface area contributed by atoms with Gasteiger partial charge >= 0.3 is 0 Å².